The summed E-state index contributed by atoms with van der Waals surface area (Å²) < 4.78 is 0. The molecule has 190 valence electrons. The van der Waals surface area contributed by atoms with Crippen molar-refractivity contribution in [2.24, 2.45) is 0 Å². The van der Waals surface area contributed by atoms with E-state index in [1.807, 2.05) is 18.2 Å². The lowest BCUT2D eigenvalue weighted by atomic mass is 10.0. The molecule has 0 saturated heterocycles. The monoisotopic (exact) mass is 583 g/mol. The van der Waals surface area contributed by atoms with Crippen LogP contribution in [-0.2, 0) is 0 Å². The topological polar surface area (TPSA) is 60.6 Å². The zero-order chi connectivity index (χ0) is 20.8. The maximum absolute atomic E-state index is 4.79. The number of aromatic nitrogens is 4. The van der Waals surface area contributed by atoms with Crippen LogP contribution in [0, 0.1) is 0 Å². The second-order valence-electron chi connectivity index (χ2n) is 7.97. The molecule has 0 spiro atoms. The van der Waals surface area contributed by atoms with E-state index in [4.69, 9.17) is 9.97 Å². The molecule has 3 aliphatic heterocycles. The summed E-state index contributed by atoms with van der Waals surface area (Å²) in [5.41, 5.74) is 9.04. The van der Waals surface area contributed by atoms with E-state index in [2.05, 4.69) is 94.9 Å². The molecule has 3 aromatic rings. The molecule has 5 nitrogen and oxygen atoms in total. The van der Waals surface area contributed by atoms with Gasteiger partial charge in [-0.25, -0.2) is 9.97 Å². The maximum atomic E-state index is 4.79. The third kappa shape index (κ3) is 6.36. The Hall–Kier alpha value is -2.67. The molecule has 0 aliphatic carbocycles. The molecule has 1 unspecified atom stereocenters. The zero-order valence-corrected chi connectivity index (χ0v) is 23.2. The number of allylic oxidation sites excluding steroid dienone is 2. The van der Waals surface area contributed by atoms with E-state index in [9.17, 15) is 0 Å². The minimum Gasteiger partial charge on any atom is -0.370 e. The lowest BCUT2D eigenvalue weighted by Crippen LogP contribution is -2.18. The Morgan fingerprint density at radius 1 is 0.639 bits per heavy atom. The number of hydrogen-bond donors (Lipinski definition) is 2. The highest BCUT2D eigenvalue weighted by atomic mass is 35.5. The van der Waals surface area contributed by atoms with E-state index in [1.165, 1.54) is 5.56 Å². The first-order valence-corrected chi connectivity index (χ1v) is 10.3. The fourth-order valence-corrected chi connectivity index (χ4v) is 4.19. The number of H-pyrrole nitrogens is 2. The van der Waals surface area contributed by atoms with Crippen LogP contribution in [0.1, 0.15) is 34.4 Å². The highest BCUT2D eigenvalue weighted by Gasteiger charge is 2.17. The average Bonchev–Trinajstić information content (AvgIpc) is 3.53. The second-order valence-corrected chi connectivity index (χ2v) is 7.97. The van der Waals surface area contributed by atoms with Gasteiger partial charge in [-0.05, 0) is 79.0 Å². The molecule has 36 heavy (non-hydrogen) atoms. The summed E-state index contributed by atoms with van der Waals surface area (Å²) >= 11 is 0. The Kier molecular flexibility index (Phi) is 11.4. The number of likely N-dealkylation sites (N-methyl/N-ethyl adjacent to an activating group) is 1. The summed E-state index contributed by atoms with van der Waals surface area (Å²) in [6.45, 7) is 0. The number of hydrogen-bond acceptors (Lipinski definition) is 3. The summed E-state index contributed by atoms with van der Waals surface area (Å²) in [5.74, 6) is 0. The molecular weight excluding hydrogens is 560 g/mol. The van der Waals surface area contributed by atoms with Crippen LogP contribution in [0.4, 0.5) is 0 Å². The van der Waals surface area contributed by atoms with Gasteiger partial charge in [0.2, 0.25) is 0 Å². The normalized spacial score (nSPS) is 14.6. The minimum absolute atomic E-state index is 0. The molecule has 10 heteroatoms. The summed E-state index contributed by atoms with van der Waals surface area (Å²) in [5, 5.41) is 0. The minimum atomic E-state index is 0. The molecule has 1 atom stereocenters. The fourth-order valence-electron chi connectivity index (χ4n) is 4.19. The Bertz CT molecular complexity index is 1480. The van der Waals surface area contributed by atoms with Crippen LogP contribution in [0.25, 0.3) is 46.4 Å². The van der Waals surface area contributed by atoms with E-state index >= 15 is 0 Å². The van der Waals surface area contributed by atoms with Crippen molar-refractivity contribution in [3.8, 4) is 0 Å². The first kappa shape index (κ1) is 31.4. The quantitative estimate of drug-likeness (QED) is 0.211. The van der Waals surface area contributed by atoms with E-state index in [-0.39, 0.29) is 68.1 Å². The van der Waals surface area contributed by atoms with Gasteiger partial charge in [0.25, 0.3) is 0 Å². The molecule has 0 fully saturated rings. The Balaban J connectivity index is 0.00000130. The molecular formula is C26H26Cl5N5. The summed E-state index contributed by atoms with van der Waals surface area (Å²) in [7, 11) is 2.10. The first-order valence-electron chi connectivity index (χ1n) is 10.3. The molecule has 0 aromatic carbocycles. The zero-order valence-electron chi connectivity index (χ0n) is 19.1. The van der Waals surface area contributed by atoms with Gasteiger partial charge in [-0.2, -0.15) is 0 Å². The molecule has 6 heterocycles. The number of aromatic amines is 2. The number of halogens is 5. The van der Waals surface area contributed by atoms with Crippen LogP contribution in [0.5, 0.6) is 0 Å². The van der Waals surface area contributed by atoms with Gasteiger partial charge in [-0.15, -0.1) is 62.0 Å². The van der Waals surface area contributed by atoms with Crippen LogP contribution in [0.2, 0.25) is 0 Å². The molecule has 0 radical (unpaired) electrons. The van der Waals surface area contributed by atoms with Crippen LogP contribution >= 0.6 is 62.0 Å². The molecule has 2 N–H and O–H groups in total. The number of rotatable bonds is 1. The Morgan fingerprint density at radius 3 is 1.72 bits per heavy atom. The largest absolute Gasteiger partial charge is 0.370 e. The van der Waals surface area contributed by atoms with Crippen molar-refractivity contribution < 1.29 is 0 Å². The predicted molar refractivity (Wildman–Crippen MR) is 164 cm³/mol. The predicted octanol–water partition coefficient (Wildman–Crippen LogP) is 7.82. The Labute approximate surface area is 240 Å². The van der Waals surface area contributed by atoms with Gasteiger partial charge in [-0.1, -0.05) is 12.2 Å². The van der Waals surface area contributed by atoms with Gasteiger partial charge in [0.05, 0.1) is 28.8 Å². The summed E-state index contributed by atoms with van der Waals surface area (Å²) in [4.78, 5) is 18.8. The van der Waals surface area contributed by atoms with Crippen molar-refractivity contribution in [3.05, 3.63) is 95.2 Å². The molecule has 3 aromatic heterocycles. The molecule has 6 rings (SSSR count). The van der Waals surface area contributed by atoms with Gasteiger partial charge in [0.15, 0.2) is 0 Å². The lowest BCUT2D eigenvalue weighted by molar-refractivity contribution is 0.392. The van der Waals surface area contributed by atoms with Crippen molar-refractivity contribution in [1.82, 2.24) is 24.8 Å². The molecule has 8 bridgehead atoms. The molecule has 0 amide bonds. The van der Waals surface area contributed by atoms with Crippen molar-refractivity contribution in [3.63, 3.8) is 0 Å². The van der Waals surface area contributed by atoms with Crippen LogP contribution in [-0.4, -0.2) is 31.9 Å². The highest BCUT2D eigenvalue weighted by molar-refractivity contribution is 5.86. The van der Waals surface area contributed by atoms with E-state index in [1.54, 1.807) is 0 Å². The average molecular weight is 586 g/mol. The maximum Gasteiger partial charge on any atom is 0.0741 e. The van der Waals surface area contributed by atoms with E-state index < -0.39 is 0 Å². The van der Waals surface area contributed by atoms with Crippen molar-refractivity contribution in [2.45, 2.75) is 6.04 Å². The molecule has 0 saturated carbocycles. The van der Waals surface area contributed by atoms with E-state index in [0.717, 1.165) is 44.8 Å². The summed E-state index contributed by atoms with van der Waals surface area (Å²) in [6.07, 6.45) is 16.6. The summed E-state index contributed by atoms with van der Waals surface area (Å²) in [6, 6.07) is 14.8. The molecule has 3 aliphatic rings. The van der Waals surface area contributed by atoms with Crippen molar-refractivity contribution in [1.29, 1.82) is 0 Å². The third-order valence-electron chi connectivity index (χ3n) is 5.68. The van der Waals surface area contributed by atoms with Gasteiger partial charge in [0, 0.05) is 34.7 Å². The highest BCUT2D eigenvalue weighted by Crippen LogP contribution is 2.29. The number of fused-ring (bicyclic) bond motifs is 8. The number of nitrogens with one attached hydrogen (secondary N) is 2. The van der Waals surface area contributed by atoms with Gasteiger partial charge < -0.3 is 14.9 Å². The van der Waals surface area contributed by atoms with Gasteiger partial charge in [-0.3, -0.25) is 0 Å². The van der Waals surface area contributed by atoms with Gasteiger partial charge >= 0.3 is 0 Å². The number of nitrogens with zero attached hydrogens (tertiary/aromatic N) is 3. The van der Waals surface area contributed by atoms with Crippen molar-refractivity contribution >= 4 is 108 Å². The van der Waals surface area contributed by atoms with Gasteiger partial charge in [0.1, 0.15) is 0 Å². The third-order valence-corrected chi connectivity index (χ3v) is 5.68. The SMILES string of the molecule is CN1C=CC=CC1c1cc2cc3nc(cc4ccc(cc5nc(cc1[nH]2)C=C5)[nH]4)C=C3.Cl.Cl.Cl.Cl.Cl. The second kappa shape index (κ2) is 13.0. The fraction of sp³-hybridized carbons (Fsp3) is 0.0769. The smallest absolute Gasteiger partial charge is 0.0741 e. The lowest BCUT2D eigenvalue weighted by Gasteiger charge is -2.25. The van der Waals surface area contributed by atoms with Crippen molar-refractivity contribution in [2.75, 3.05) is 7.05 Å². The Morgan fingerprint density at radius 2 is 1.17 bits per heavy atom. The van der Waals surface area contributed by atoms with Crippen LogP contribution in [0.15, 0.2) is 66.9 Å². The standard InChI is InChI=1S/C26H21N5.5ClH/c1-31-11-3-2-4-26(31)24-15-23-14-21-8-7-19(28-21)12-17-5-6-18(27-17)13-20-9-10-22(29-20)16-25(24)30-23;;;;;/h2-16,26-27,30H,1H3;5*1H. The van der Waals surface area contributed by atoms with E-state index in [0.29, 0.717) is 0 Å². The van der Waals surface area contributed by atoms with Crippen LogP contribution in [0.3, 0.4) is 0 Å². The van der Waals surface area contributed by atoms with Crippen LogP contribution < -0.4 is 0 Å². The first-order chi connectivity index (χ1) is 15.2.